The van der Waals surface area contributed by atoms with Gasteiger partial charge in [-0.3, -0.25) is 4.79 Å². The van der Waals surface area contributed by atoms with Gasteiger partial charge < -0.3 is 10.6 Å². The minimum absolute atomic E-state index is 0.135. The van der Waals surface area contributed by atoms with Gasteiger partial charge in [0.2, 0.25) is 5.91 Å². The molecule has 2 aliphatic rings. The fraction of sp³-hybridized carbons (Fsp3) is 0.583. The van der Waals surface area contributed by atoms with Crippen LogP contribution >= 0.6 is 15.9 Å². The topological polar surface area (TPSA) is 66.9 Å². The highest BCUT2D eigenvalue weighted by atomic mass is 79.9. The van der Waals surface area contributed by atoms with E-state index < -0.39 is 0 Å². The van der Waals surface area contributed by atoms with Crippen LogP contribution in [0.3, 0.4) is 0 Å². The van der Waals surface area contributed by atoms with Gasteiger partial charge in [0.25, 0.3) is 0 Å². The van der Waals surface area contributed by atoms with E-state index in [4.69, 9.17) is 0 Å². The summed E-state index contributed by atoms with van der Waals surface area (Å²) in [6.07, 6.45) is 3.82. The molecule has 96 valence electrons. The summed E-state index contributed by atoms with van der Waals surface area (Å²) in [5.74, 6) is 2.44. The van der Waals surface area contributed by atoms with Gasteiger partial charge in [-0.1, -0.05) is 0 Å². The number of hydrogen-bond donors (Lipinski definition) is 2. The summed E-state index contributed by atoms with van der Waals surface area (Å²) in [6, 6.07) is 2.15. The maximum absolute atomic E-state index is 11.1. The SMILES string of the molecule is O=C1CCC(Nc2cc(Br)nc(C3CC3)n2)CN1. The highest BCUT2D eigenvalue weighted by molar-refractivity contribution is 9.10. The number of amides is 1. The highest BCUT2D eigenvalue weighted by Gasteiger charge is 2.27. The number of piperidine rings is 1. The first-order valence-corrected chi connectivity index (χ1v) is 7.08. The molecule has 2 N–H and O–H groups in total. The molecule has 1 saturated heterocycles. The molecule has 2 fully saturated rings. The second-order valence-corrected chi connectivity index (χ2v) is 5.70. The molecule has 6 heteroatoms. The van der Waals surface area contributed by atoms with Crippen LogP contribution in [0.15, 0.2) is 10.7 Å². The Bertz CT molecular complexity index is 465. The molecule has 0 spiro atoms. The van der Waals surface area contributed by atoms with Crippen molar-refractivity contribution in [3.63, 3.8) is 0 Å². The maximum atomic E-state index is 11.1. The molecule has 1 unspecified atom stereocenters. The van der Waals surface area contributed by atoms with Crippen LogP contribution in [0.5, 0.6) is 0 Å². The molecular formula is C12H15BrN4O. The number of halogens is 1. The highest BCUT2D eigenvalue weighted by Crippen LogP contribution is 2.38. The van der Waals surface area contributed by atoms with Crippen LogP contribution in [0, 0.1) is 0 Å². The quantitative estimate of drug-likeness (QED) is 0.836. The number of anilines is 1. The van der Waals surface area contributed by atoms with Crippen LogP contribution in [-0.4, -0.2) is 28.5 Å². The van der Waals surface area contributed by atoms with Gasteiger partial charge in [-0.2, -0.15) is 0 Å². The Balaban J connectivity index is 1.69. The number of nitrogens with zero attached hydrogens (tertiary/aromatic N) is 2. The van der Waals surface area contributed by atoms with E-state index in [0.717, 1.165) is 22.7 Å². The first-order valence-electron chi connectivity index (χ1n) is 6.28. The number of aromatic nitrogens is 2. The molecule has 1 saturated carbocycles. The lowest BCUT2D eigenvalue weighted by Gasteiger charge is -2.24. The average Bonchev–Trinajstić information content (AvgIpc) is 3.15. The van der Waals surface area contributed by atoms with E-state index in [2.05, 4.69) is 36.5 Å². The third-order valence-corrected chi connectivity index (χ3v) is 3.68. The van der Waals surface area contributed by atoms with Crippen molar-refractivity contribution in [3.05, 3.63) is 16.5 Å². The molecule has 5 nitrogen and oxygen atoms in total. The molecule has 18 heavy (non-hydrogen) atoms. The summed E-state index contributed by atoms with van der Waals surface area (Å²) >= 11 is 3.42. The van der Waals surface area contributed by atoms with Crippen molar-refractivity contribution in [1.29, 1.82) is 0 Å². The maximum Gasteiger partial charge on any atom is 0.220 e. The first-order chi connectivity index (χ1) is 8.70. The van der Waals surface area contributed by atoms with Crippen molar-refractivity contribution in [2.75, 3.05) is 11.9 Å². The summed E-state index contributed by atoms with van der Waals surface area (Å²) in [5.41, 5.74) is 0. The minimum atomic E-state index is 0.135. The van der Waals surface area contributed by atoms with Gasteiger partial charge >= 0.3 is 0 Å². The zero-order valence-corrected chi connectivity index (χ0v) is 11.5. The molecule has 1 aliphatic carbocycles. The van der Waals surface area contributed by atoms with Gasteiger partial charge in [-0.15, -0.1) is 0 Å². The lowest BCUT2D eigenvalue weighted by molar-refractivity contribution is -0.122. The number of nitrogens with one attached hydrogen (secondary N) is 2. The number of carbonyl (C=O) groups is 1. The molecule has 1 aromatic heterocycles. The van der Waals surface area contributed by atoms with Crippen molar-refractivity contribution < 1.29 is 4.79 Å². The normalized spacial score (nSPS) is 23.6. The molecule has 1 atom stereocenters. The van der Waals surface area contributed by atoms with Crippen LogP contribution in [-0.2, 0) is 4.79 Å². The number of hydrogen-bond acceptors (Lipinski definition) is 4. The molecule has 0 aromatic carbocycles. The molecule has 1 amide bonds. The molecular weight excluding hydrogens is 296 g/mol. The van der Waals surface area contributed by atoms with Gasteiger partial charge in [0.05, 0.1) is 0 Å². The van der Waals surface area contributed by atoms with Gasteiger partial charge in [0.15, 0.2) is 0 Å². The van der Waals surface area contributed by atoms with Gasteiger partial charge in [0.1, 0.15) is 16.2 Å². The lowest BCUT2D eigenvalue weighted by Crippen LogP contribution is -2.42. The van der Waals surface area contributed by atoms with E-state index in [0.29, 0.717) is 18.9 Å². The number of carbonyl (C=O) groups excluding carboxylic acids is 1. The molecule has 3 rings (SSSR count). The lowest BCUT2D eigenvalue weighted by atomic mass is 10.1. The number of rotatable bonds is 3. The van der Waals surface area contributed by atoms with Gasteiger partial charge in [0, 0.05) is 31.0 Å². The Kier molecular flexibility index (Phi) is 3.20. The third-order valence-electron chi connectivity index (χ3n) is 3.27. The van der Waals surface area contributed by atoms with E-state index >= 15 is 0 Å². The second kappa shape index (κ2) is 4.84. The third kappa shape index (κ3) is 2.80. The molecule has 1 aromatic rings. The monoisotopic (exact) mass is 310 g/mol. The Morgan fingerprint density at radius 2 is 2.17 bits per heavy atom. The summed E-state index contributed by atoms with van der Waals surface area (Å²) in [5, 5.41) is 6.23. The zero-order chi connectivity index (χ0) is 12.5. The van der Waals surface area contributed by atoms with Crippen LogP contribution in [0.2, 0.25) is 0 Å². The predicted octanol–water partition coefficient (Wildman–Crippen LogP) is 1.81. The zero-order valence-electron chi connectivity index (χ0n) is 9.95. The van der Waals surface area contributed by atoms with Crippen molar-refractivity contribution in [2.45, 2.75) is 37.6 Å². The molecule has 0 bridgehead atoms. The Morgan fingerprint density at radius 3 is 2.83 bits per heavy atom. The Hall–Kier alpha value is -1.17. The van der Waals surface area contributed by atoms with E-state index in [1.54, 1.807) is 0 Å². The van der Waals surface area contributed by atoms with Crippen molar-refractivity contribution in [3.8, 4) is 0 Å². The van der Waals surface area contributed by atoms with Crippen LogP contribution in [0.1, 0.15) is 37.4 Å². The molecule has 0 radical (unpaired) electrons. The van der Waals surface area contributed by atoms with Crippen molar-refractivity contribution in [1.82, 2.24) is 15.3 Å². The van der Waals surface area contributed by atoms with Crippen LogP contribution in [0.4, 0.5) is 5.82 Å². The fourth-order valence-corrected chi connectivity index (χ4v) is 2.50. The summed E-state index contributed by atoms with van der Waals surface area (Å²) < 4.78 is 0.821. The first kappa shape index (κ1) is 11.9. The van der Waals surface area contributed by atoms with E-state index in [-0.39, 0.29) is 11.9 Å². The van der Waals surface area contributed by atoms with E-state index in [9.17, 15) is 4.79 Å². The van der Waals surface area contributed by atoms with E-state index in [1.165, 1.54) is 12.8 Å². The van der Waals surface area contributed by atoms with Crippen molar-refractivity contribution in [2.24, 2.45) is 0 Å². The second-order valence-electron chi connectivity index (χ2n) is 4.89. The van der Waals surface area contributed by atoms with Gasteiger partial charge in [-0.05, 0) is 35.2 Å². The Morgan fingerprint density at radius 1 is 1.33 bits per heavy atom. The fourth-order valence-electron chi connectivity index (χ4n) is 2.10. The minimum Gasteiger partial charge on any atom is -0.365 e. The molecule has 1 aliphatic heterocycles. The van der Waals surface area contributed by atoms with Crippen molar-refractivity contribution >= 4 is 27.7 Å². The summed E-state index contributed by atoms with van der Waals surface area (Å²) in [7, 11) is 0. The summed E-state index contributed by atoms with van der Waals surface area (Å²) in [4.78, 5) is 20.0. The summed E-state index contributed by atoms with van der Waals surface area (Å²) in [6.45, 7) is 0.666. The van der Waals surface area contributed by atoms with E-state index in [1.807, 2.05) is 6.07 Å². The average molecular weight is 311 g/mol. The largest absolute Gasteiger partial charge is 0.365 e. The smallest absolute Gasteiger partial charge is 0.220 e. The Labute approximate surface area is 114 Å². The van der Waals surface area contributed by atoms with Crippen LogP contribution < -0.4 is 10.6 Å². The predicted molar refractivity (Wildman–Crippen MR) is 71.4 cm³/mol. The standard InChI is InChI=1S/C12H15BrN4O/c13-9-5-10(17-12(16-9)7-1-2-7)15-8-3-4-11(18)14-6-8/h5,7-8H,1-4,6H2,(H,14,18)(H,15,16,17). The van der Waals surface area contributed by atoms with Crippen LogP contribution in [0.25, 0.3) is 0 Å². The molecule has 2 heterocycles. The van der Waals surface area contributed by atoms with Gasteiger partial charge in [-0.25, -0.2) is 9.97 Å².